The van der Waals surface area contributed by atoms with Gasteiger partial charge in [-0.15, -0.1) is 0 Å². The standard InChI is InChI=1S/C18H36N4O5S/c1-13-14(12-21-15(19-7)20-10-9-11-28(8,24)25)22(18(5,6)26-13)16(23)27-17(2,3)4/h13-14H,9-12H2,1-8H3,(H2,19,20,21). The maximum Gasteiger partial charge on any atom is 0.412 e. The number of hydrogen-bond donors (Lipinski definition) is 2. The van der Waals surface area contributed by atoms with Crippen LogP contribution in [-0.2, 0) is 19.3 Å². The van der Waals surface area contributed by atoms with E-state index in [4.69, 9.17) is 9.47 Å². The summed E-state index contributed by atoms with van der Waals surface area (Å²) in [7, 11) is -1.35. The Kier molecular flexibility index (Phi) is 8.13. The minimum atomic E-state index is -2.98. The number of ether oxygens (including phenoxy) is 2. The predicted molar refractivity (Wildman–Crippen MR) is 110 cm³/mol. The molecular weight excluding hydrogens is 384 g/mol. The molecule has 1 fully saturated rings. The number of sulfone groups is 1. The molecule has 0 radical (unpaired) electrons. The maximum absolute atomic E-state index is 12.7. The first-order valence-electron chi connectivity index (χ1n) is 9.48. The summed E-state index contributed by atoms with van der Waals surface area (Å²) in [6.45, 7) is 12.0. The van der Waals surface area contributed by atoms with Crippen molar-refractivity contribution in [2.45, 2.75) is 71.4 Å². The van der Waals surface area contributed by atoms with E-state index >= 15 is 0 Å². The molecule has 0 spiro atoms. The Hall–Kier alpha value is -1.55. The fraction of sp³-hybridized carbons (Fsp3) is 0.889. The molecule has 28 heavy (non-hydrogen) atoms. The highest BCUT2D eigenvalue weighted by atomic mass is 32.2. The van der Waals surface area contributed by atoms with Gasteiger partial charge in [0.2, 0.25) is 0 Å². The number of hydrogen-bond acceptors (Lipinski definition) is 6. The Bertz CT molecular complexity index is 670. The summed E-state index contributed by atoms with van der Waals surface area (Å²) in [6, 6.07) is -0.251. The van der Waals surface area contributed by atoms with E-state index in [9.17, 15) is 13.2 Å². The van der Waals surface area contributed by atoms with E-state index in [1.165, 1.54) is 6.26 Å². The number of carbonyl (C=O) groups is 1. The predicted octanol–water partition coefficient (Wildman–Crippen LogP) is 1.35. The third-order valence-corrected chi connectivity index (χ3v) is 5.24. The Balaban J connectivity index is 2.71. The van der Waals surface area contributed by atoms with Crippen molar-refractivity contribution in [3.63, 3.8) is 0 Å². The lowest BCUT2D eigenvalue weighted by molar-refractivity contribution is -0.0755. The second-order valence-corrected chi connectivity index (χ2v) is 10.8. The second kappa shape index (κ2) is 9.30. The Labute approximate surface area is 169 Å². The molecule has 0 aromatic rings. The fourth-order valence-electron chi connectivity index (χ4n) is 3.09. The van der Waals surface area contributed by atoms with E-state index in [1.54, 1.807) is 11.9 Å². The molecule has 1 amide bonds. The van der Waals surface area contributed by atoms with Crippen LogP contribution in [0, 0.1) is 0 Å². The Morgan fingerprint density at radius 1 is 1.29 bits per heavy atom. The van der Waals surface area contributed by atoms with E-state index in [2.05, 4.69) is 15.6 Å². The van der Waals surface area contributed by atoms with Gasteiger partial charge in [0.1, 0.15) is 21.2 Å². The molecule has 1 saturated heterocycles. The van der Waals surface area contributed by atoms with Gasteiger partial charge in [-0.05, 0) is 48.0 Å². The van der Waals surface area contributed by atoms with E-state index in [0.717, 1.165) is 0 Å². The van der Waals surface area contributed by atoms with Crippen LogP contribution in [0.2, 0.25) is 0 Å². The highest BCUT2D eigenvalue weighted by molar-refractivity contribution is 7.90. The smallest absolute Gasteiger partial charge is 0.412 e. The third-order valence-electron chi connectivity index (χ3n) is 4.20. The number of nitrogens with one attached hydrogen (secondary N) is 2. The van der Waals surface area contributed by atoms with Crippen LogP contribution in [0.5, 0.6) is 0 Å². The van der Waals surface area contributed by atoms with Crippen molar-refractivity contribution in [2.24, 2.45) is 4.99 Å². The SMILES string of the molecule is CN=C(NCCCS(C)(=O)=O)NCC1C(C)OC(C)(C)N1C(=O)OC(C)(C)C. The lowest BCUT2D eigenvalue weighted by Crippen LogP contribution is -2.54. The van der Waals surface area contributed by atoms with Gasteiger partial charge in [0.05, 0.1) is 17.9 Å². The summed E-state index contributed by atoms with van der Waals surface area (Å²) < 4.78 is 33.9. The van der Waals surface area contributed by atoms with Crippen molar-refractivity contribution in [1.82, 2.24) is 15.5 Å². The third kappa shape index (κ3) is 7.83. The minimum Gasteiger partial charge on any atom is -0.444 e. The summed E-state index contributed by atoms with van der Waals surface area (Å²) in [4.78, 5) is 18.5. The molecule has 2 atom stereocenters. The number of amides is 1. The monoisotopic (exact) mass is 420 g/mol. The van der Waals surface area contributed by atoms with Crippen LogP contribution in [0.15, 0.2) is 4.99 Å². The van der Waals surface area contributed by atoms with Crippen LogP contribution in [-0.4, -0.2) is 81.0 Å². The van der Waals surface area contributed by atoms with E-state index in [0.29, 0.717) is 25.5 Å². The number of aliphatic imine (C=N–C) groups is 1. The van der Waals surface area contributed by atoms with Crippen molar-refractivity contribution >= 4 is 21.9 Å². The molecule has 0 aliphatic carbocycles. The van der Waals surface area contributed by atoms with Gasteiger partial charge in [0, 0.05) is 26.4 Å². The largest absolute Gasteiger partial charge is 0.444 e. The van der Waals surface area contributed by atoms with Gasteiger partial charge >= 0.3 is 6.09 Å². The molecule has 0 bridgehead atoms. The molecule has 10 heteroatoms. The number of guanidine groups is 1. The molecular formula is C18H36N4O5S. The molecule has 1 aliphatic heterocycles. The van der Waals surface area contributed by atoms with Gasteiger partial charge in [-0.25, -0.2) is 13.2 Å². The van der Waals surface area contributed by atoms with Crippen molar-refractivity contribution in [2.75, 3.05) is 32.1 Å². The first-order valence-corrected chi connectivity index (χ1v) is 11.5. The number of nitrogens with zero attached hydrogens (tertiary/aromatic N) is 2. The maximum atomic E-state index is 12.7. The molecule has 1 aliphatic rings. The van der Waals surface area contributed by atoms with Gasteiger partial charge in [-0.3, -0.25) is 9.89 Å². The number of rotatable bonds is 6. The van der Waals surface area contributed by atoms with Crippen molar-refractivity contribution in [3.8, 4) is 0 Å². The minimum absolute atomic E-state index is 0.116. The van der Waals surface area contributed by atoms with E-state index in [-0.39, 0.29) is 17.9 Å². The molecule has 1 heterocycles. The van der Waals surface area contributed by atoms with E-state index < -0.39 is 27.3 Å². The molecule has 164 valence electrons. The van der Waals surface area contributed by atoms with Crippen LogP contribution in [0.25, 0.3) is 0 Å². The molecule has 0 saturated carbocycles. The Morgan fingerprint density at radius 3 is 2.39 bits per heavy atom. The zero-order valence-corrected chi connectivity index (χ0v) is 19.1. The van der Waals surface area contributed by atoms with Gasteiger partial charge < -0.3 is 20.1 Å². The van der Waals surface area contributed by atoms with Crippen molar-refractivity contribution in [1.29, 1.82) is 0 Å². The normalized spacial score (nSPS) is 22.9. The molecule has 2 unspecified atom stereocenters. The lowest BCUT2D eigenvalue weighted by Gasteiger charge is -2.35. The molecule has 2 N–H and O–H groups in total. The summed E-state index contributed by atoms with van der Waals surface area (Å²) in [5.41, 5.74) is -1.39. The zero-order chi connectivity index (χ0) is 21.8. The highest BCUT2D eigenvalue weighted by Crippen LogP contribution is 2.33. The molecule has 0 aromatic carbocycles. The summed E-state index contributed by atoms with van der Waals surface area (Å²) in [6.07, 6.45) is 1.08. The molecule has 0 aromatic heterocycles. The van der Waals surface area contributed by atoms with E-state index in [1.807, 2.05) is 41.5 Å². The summed E-state index contributed by atoms with van der Waals surface area (Å²) in [5, 5.41) is 6.27. The topological polar surface area (TPSA) is 109 Å². The Morgan fingerprint density at radius 2 is 1.89 bits per heavy atom. The highest BCUT2D eigenvalue weighted by Gasteiger charge is 2.49. The van der Waals surface area contributed by atoms with Crippen LogP contribution in [0.1, 0.15) is 48.0 Å². The lowest BCUT2D eigenvalue weighted by atomic mass is 10.1. The second-order valence-electron chi connectivity index (χ2n) is 8.55. The summed E-state index contributed by atoms with van der Waals surface area (Å²) in [5.74, 6) is 0.653. The van der Waals surface area contributed by atoms with Gasteiger partial charge in [-0.2, -0.15) is 0 Å². The average Bonchev–Trinajstić information content (AvgIpc) is 2.72. The average molecular weight is 421 g/mol. The van der Waals surface area contributed by atoms with Gasteiger partial charge in [0.25, 0.3) is 0 Å². The first kappa shape index (κ1) is 24.5. The molecule has 1 rings (SSSR count). The van der Waals surface area contributed by atoms with Crippen LogP contribution in [0.4, 0.5) is 4.79 Å². The number of carbonyl (C=O) groups excluding carboxylic acids is 1. The van der Waals surface area contributed by atoms with Crippen LogP contribution >= 0.6 is 0 Å². The fourth-order valence-corrected chi connectivity index (χ4v) is 3.75. The van der Waals surface area contributed by atoms with Crippen molar-refractivity contribution < 1.29 is 22.7 Å². The van der Waals surface area contributed by atoms with Crippen molar-refractivity contribution in [3.05, 3.63) is 0 Å². The first-order chi connectivity index (χ1) is 12.7. The van der Waals surface area contributed by atoms with Gasteiger partial charge in [0.15, 0.2) is 5.96 Å². The zero-order valence-electron chi connectivity index (χ0n) is 18.3. The molecule has 9 nitrogen and oxygen atoms in total. The summed E-state index contributed by atoms with van der Waals surface area (Å²) >= 11 is 0. The quantitative estimate of drug-likeness (QED) is 0.379. The van der Waals surface area contributed by atoms with Crippen LogP contribution < -0.4 is 10.6 Å². The van der Waals surface area contributed by atoms with Gasteiger partial charge in [-0.1, -0.05) is 0 Å². The van der Waals surface area contributed by atoms with Crippen LogP contribution in [0.3, 0.4) is 0 Å².